The fourth-order valence-corrected chi connectivity index (χ4v) is 9.05. The number of benzene rings is 3. The second-order valence-corrected chi connectivity index (χ2v) is 22.6. The Hall–Kier alpha value is -3.23. The summed E-state index contributed by atoms with van der Waals surface area (Å²) in [4.78, 5) is 12.3. The van der Waals surface area contributed by atoms with Crippen LogP contribution in [-0.2, 0) is 58.9 Å². The van der Waals surface area contributed by atoms with Crippen LogP contribution in [0.25, 0.3) is 11.1 Å². The maximum atomic E-state index is 12.3. The van der Waals surface area contributed by atoms with Crippen LogP contribution in [0.3, 0.4) is 0 Å². The first kappa shape index (κ1) is 60.1. The smallest absolute Gasteiger partial charge is 0.306 e. The quantitative estimate of drug-likeness (QED) is 0.0508. The summed E-state index contributed by atoms with van der Waals surface area (Å²) >= 11 is 0. The van der Waals surface area contributed by atoms with E-state index in [1.165, 1.54) is 112 Å². The van der Waals surface area contributed by atoms with Crippen molar-refractivity contribution < 1.29 is 33.6 Å². The molecule has 0 atom stereocenters. The van der Waals surface area contributed by atoms with Gasteiger partial charge in [0.05, 0.1) is 59.5 Å². The van der Waals surface area contributed by atoms with E-state index in [0.29, 0.717) is 38.4 Å². The molecule has 2 aliphatic rings. The Labute approximate surface area is 422 Å². The highest BCUT2D eigenvalue weighted by Gasteiger charge is 2.38. The number of aromatic hydroxyl groups is 1. The zero-order chi connectivity index (χ0) is 49.3. The summed E-state index contributed by atoms with van der Waals surface area (Å²) in [5, 5.41) is 10.9. The third-order valence-corrected chi connectivity index (χ3v) is 14.4. The van der Waals surface area contributed by atoms with Crippen molar-refractivity contribution in [2.24, 2.45) is 10.8 Å². The summed E-state index contributed by atoms with van der Waals surface area (Å²) < 4.78 is 28.2. The van der Waals surface area contributed by atoms with Gasteiger partial charge in [0.2, 0.25) is 0 Å². The van der Waals surface area contributed by atoms with Gasteiger partial charge in [-0.3, -0.25) is 4.79 Å². The van der Waals surface area contributed by atoms with Crippen LogP contribution in [0.2, 0.25) is 0 Å². The van der Waals surface area contributed by atoms with E-state index in [1.54, 1.807) is 0 Å². The third kappa shape index (κ3) is 21.6. The van der Waals surface area contributed by atoms with Crippen LogP contribution in [-0.4, -0.2) is 57.3 Å². The number of hydrogen-bond acceptors (Lipinski definition) is 7. The monoisotopic (exact) mass is 957 g/mol. The lowest BCUT2D eigenvalue weighted by molar-refractivity contribution is -0.152. The predicted octanol–water partition coefficient (Wildman–Crippen LogP) is 16.6. The largest absolute Gasteiger partial charge is 0.507 e. The molecule has 0 aromatic heterocycles. The number of phenols is 1. The van der Waals surface area contributed by atoms with Crippen LogP contribution in [0.15, 0.2) is 60.7 Å². The molecule has 0 unspecified atom stereocenters. The average molecular weight is 957 g/mol. The van der Waals surface area contributed by atoms with Gasteiger partial charge < -0.3 is 28.8 Å². The van der Waals surface area contributed by atoms with E-state index in [9.17, 15) is 9.90 Å². The molecule has 5 rings (SSSR count). The number of esters is 1. The summed E-state index contributed by atoms with van der Waals surface area (Å²) in [7, 11) is 0. The van der Waals surface area contributed by atoms with Gasteiger partial charge in [-0.05, 0) is 75.5 Å². The van der Waals surface area contributed by atoms with Crippen molar-refractivity contribution in [1.29, 1.82) is 0 Å². The molecule has 7 heteroatoms. The van der Waals surface area contributed by atoms with Gasteiger partial charge in [0, 0.05) is 17.3 Å². The summed E-state index contributed by atoms with van der Waals surface area (Å²) in [6, 6.07) is 21.5. The molecule has 0 bridgehead atoms. The van der Waals surface area contributed by atoms with Gasteiger partial charge in [-0.1, -0.05) is 227 Å². The zero-order valence-corrected chi connectivity index (χ0v) is 44.7. The lowest BCUT2D eigenvalue weighted by atomic mass is 9.78. The van der Waals surface area contributed by atoms with Gasteiger partial charge in [-0.15, -0.1) is 0 Å². The van der Waals surface area contributed by atoms with E-state index in [2.05, 4.69) is 123 Å². The maximum absolute atomic E-state index is 12.3. The highest BCUT2D eigenvalue weighted by molar-refractivity contribution is 5.70. The number of aryl methyl sites for hydroxylation is 1. The Morgan fingerprint density at radius 1 is 0.551 bits per heavy atom. The molecule has 2 saturated heterocycles. The van der Waals surface area contributed by atoms with Crippen LogP contribution < -0.4 is 0 Å². The molecule has 2 aliphatic heterocycles. The minimum atomic E-state index is -0.159. The number of phenolic OH excluding ortho intramolecular Hbond substituents is 1. The van der Waals surface area contributed by atoms with Crippen molar-refractivity contribution in [3.63, 3.8) is 0 Å². The molecule has 0 saturated carbocycles. The molecule has 0 radical (unpaired) electrons. The number of ether oxygens (including phenoxy) is 5. The van der Waals surface area contributed by atoms with Crippen molar-refractivity contribution >= 4 is 5.97 Å². The highest BCUT2D eigenvalue weighted by atomic mass is 16.5. The van der Waals surface area contributed by atoms with Crippen LogP contribution >= 0.6 is 0 Å². The van der Waals surface area contributed by atoms with E-state index < -0.39 is 0 Å². The van der Waals surface area contributed by atoms with Crippen LogP contribution in [0.1, 0.15) is 220 Å². The third-order valence-electron chi connectivity index (χ3n) is 14.4. The maximum Gasteiger partial charge on any atom is 0.306 e. The number of carbonyl (C=O) groups is 1. The Bertz CT molecular complexity index is 1710. The minimum absolute atomic E-state index is 0. The minimum Gasteiger partial charge on any atom is -0.507 e. The second-order valence-electron chi connectivity index (χ2n) is 22.6. The number of carbonyl (C=O) groups excluding carboxylic acids is 1. The summed E-state index contributed by atoms with van der Waals surface area (Å²) in [6.45, 7) is 26.1. The molecular weight excluding hydrogens is 857 g/mol. The molecular formula is C62H100O7. The SMILES string of the molecule is C.CCC1(COCc2ccc(-c3ccc(COCC4(CC)COC4)cc3)cc2)COC1.CCCCCCCCCCCCCCCCCCOC(=O)CCc1cc(C(C)(C)C)c(O)c(C(C)(C)C)c1. The first-order valence-corrected chi connectivity index (χ1v) is 27.1. The van der Waals surface area contributed by atoms with E-state index in [1.807, 2.05) is 0 Å². The molecule has 1 N–H and O–H groups in total. The lowest BCUT2D eigenvalue weighted by Gasteiger charge is -2.40. The first-order valence-electron chi connectivity index (χ1n) is 27.1. The Balaban J connectivity index is 0.000000368. The average Bonchev–Trinajstić information content (AvgIpc) is 3.28. The molecule has 3 aromatic rings. The standard InChI is InChI=1S/C35H62O3.C26H34O4.CH4/c1-8-9-10-11-12-13-14-15-16-17-18-19-20-21-22-23-26-38-32(36)25-24-29-27-30(34(2,3)4)33(37)31(28-29)35(5,6)7;1-3-25(17-29-18-25)15-27-13-21-5-9-23(10-6-21)24-11-7-22(8-12-24)14-28-16-26(4-2)19-30-20-26;/h27-28,37H,8-26H2,1-7H3;5-12H,3-4,13-20H2,1-2H3;1H4. The predicted molar refractivity (Wildman–Crippen MR) is 289 cm³/mol. The van der Waals surface area contributed by atoms with Gasteiger partial charge in [0.1, 0.15) is 5.75 Å². The van der Waals surface area contributed by atoms with Crippen molar-refractivity contribution in [3.05, 3.63) is 88.5 Å². The molecule has 0 aliphatic carbocycles. The number of rotatable bonds is 31. The van der Waals surface area contributed by atoms with E-state index in [4.69, 9.17) is 23.7 Å². The highest BCUT2D eigenvalue weighted by Crippen LogP contribution is 2.40. The van der Waals surface area contributed by atoms with Gasteiger partial charge in [-0.2, -0.15) is 0 Å². The molecule has 2 fully saturated rings. The van der Waals surface area contributed by atoms with Crippen LogP contribution in [0, 0.1) is 10.8 Å². The summed E-state index contributed by atoms with van der Waals surface area (Å²) in [6.07, 6.45) is 24.7. The van der Waals surface area contributed by atoms with Crippen molar-refractivity contribution in [2.45, 2.75) is 222 Å². The van der Waals surface area contributed by atoms with E-state index in [0.717, 1.165) is 82.0 Å². The van der Waals surface area contributed by atoms with Crippen LogP contribution in [0.5, 0.6) is 5.75 Å². The van der Waals surface area contributed by atoms with E-state index >= 15 is 0 Å². The fourth-order valence-electron chi connectivity index (χ4n) is 9.05. The normalized spacial score (nSPS) is 15.0. The number of hydrogen-bond donors (Lipinski definition) is 1. The van der Waals surface area contributed by atoms with Gasteiger partial charge in [0.15, 0.2) is 0 Å². The molecule has 69 heavy (non-hydrogen) atoms. The Morgan fingerprint density at radius 2 is 0.913 bits per heavy atom. The molecule has 3 aromatic carbocycles. The zero-order valence-electron chi connectivity index (χ0n) is 44.7. The van der Waals surface area contributed by atoms with Crippen molar-refractivity contribution in [2.75, 3.05) is 46.2 Å². The Morgan fingerprint density at radius 3 is 1.23 bits per heavy atom. The molecule has 0 spiro atoms. The summed E-state index contributed by atoms with van der Waals surface area (Å²) in [5.41, 5.74) is 8.02. The first-order chi connectivity index (χ1) is 32.6. The van der Waals surface area contributed by atoms with Crippen LogP contribution in [0.4, 0.5) is 0 Å². The number of unbranched alkanes of at least 4 members (excludes halogenated alkanes) is 15. The van der Waals surface area contributed by atoms with Gasteiger partial charge in [-0.25, -0.2) is 0 Å². The Kier molecular flexibility index (Phi) is 27.2. The molecule has 2 heterocycles. The van der Waals surface area contributed by atoms with Gasteiger partial charge in [0.25, 0.3) is 0 Å². The second kappa shape index (κ2) is 31.3. The molecule has 390 valence electrons. The molecule has 7 nitrogen and oxygen atoms in total. The summed E-state index contributed by atoms with van der Waals surface area (Å²) in [5.74, 6) is 0.272. The van der Waals surface area contributed by atoms with Crippen molar-refractivity contribution in [3.8, 4) is 16.9 Å². The fraction of sp³-hybridized carbons (Fsp3) is 0.694. The van der Waals surface area contributed by atoms with Gasteiger partial charge >= 0.3 is 5.97 Å². The van der Waals surface area contributed by atoms with E-state index in [-0.39, 0.29) is 35.1 Å². The molecule has 0 amide bonds. The van der Waals surface area contributed by atoms with Crippen molar-refractivity contribution in [1.82, 2.24) is 0 Å². The topological polar surface area (TPSA) is 83.5 Å². The lowest BCUT2D eigenvalue weighted by Crippen LogP contribution is -2.45.